The number of nitrogens with two attached hydrogens (primary N) is 1. The summed E-state index contributed by atoms with van der Waals surface area (Å²) in [4.78, 5) is 30.3. The SMILES string of the molecule is CN1c2ccc(C(=O)O)cc2NC1(Nc1nc2ccc(Cl)cc2s1)C(OCCC#N)C(N)=O. The quantitative estimate of drug-likeness (QED) is 0.351. The molecule has 0 aliphatic carbocycles. The van der Waals surface area contributed by atoms with E-state index in [2.05, 4.69) is 15.6 Å². The number of amides is 1. The Morgan fingerprint density at radius 2 is 2.21 bits per heavy atom. The Balaban J connectivity index is 1.80. The van der Waals surface area contributed by atoms with Crippen molar-refractivity contribution in [1.29, 1.82) is 5.26 Å². The topological polar surface area (TPSA) is 154 Å². The third kappa shape index (κ3) is 4.11. The van der Waals surface area contributed by atoms with Crippen LogP contribution in [0, 0.1) is 11.3 Å². The molecule has 5 N–H and O–H groups in total. The number of aromatic carboxylic acids is 1. The molecule has 1 aromatic heterocycles. The maximum atomic E-state index is 12.5. The summed E-state index contributed by atoms with van der Waals surface area (Å²) < 4.78 is 6.58. The highest BCUT2D eigenvalue weighted by atomic mass is 35.5. The predicted octanol–water partition coefficient (Wildman–Crippen LogP) is 3.06. The summed E-state index contributed by atoms with van der Waals surface area (Å²) in [5.74, 6) is -3.32. The summed E-state index contributed by atoms with van der Waals surface area (Å²) in [6.07, 6.45) is -1.22. The van der Waals surface area contributed by atoms with Crippen LogP contribution in [0.5, 0.6) is 0 Å². The van der Waals surface area contributed by atoms with Crippen LogP contribution in [0.2, 0.25) is 5.02 Å². The maximum Gasteiger partial charge on any atom is 0.335 e. The number of benzene rings is 2. The van der Waals surface area contributed by atoms with Gasteiger partial charge < -0.3 is 31.1 Å². The minimum atomic E-state index is -1.45. The number of carbonyl (C=O) groups excluding carboxylic acids is 1. The van der Waals surface area contributed by atoms with E-state index >= 15 is 0 Å². The van der Waals surface area contributed by atoms with Gasteiger partial charge in [0, 0.05) is 12.1 Å². The van der Waals surface area contributed by atoms with Crippen molar-refractivity contribution in [3.63, 3.8) is 0 Å². The predicted molar refractivity (Wildman–Crippen MR) is 126 cm³/mol. The van der Waals surface area contributed by atoms with Gasteiger partial charge in [-0.2, -0.15) is 5.26 Å². The number of nitriles is 1. The van der Waals surface area contributed by atoms with Gasteiger partial charge in [-0.05, 0) is 36.4 Å². The molecule has 12 heteroatoms. The van der Waals surface area contributed by atoms with Crippen LogP contribution in [-0.2, 0) is 9.53 Å². The minimum Gasteiger partial charge on any atom is -0.478 e. The molecule has 4 rings (SSSR count). The summed E-state index contributed by atoms with van der Waals surface area (Å²) in [6.45, 7) is -0.0325. The van der Waals surface area contributed by atoms with Crippen LogP contribution in [0.1, 0.15) is 16.8 Å². The summed E-state index contributed by atoms with van der Waals surface area (Å²) >= 11 is 7.41. The van der Waals surface area contributed by atoms with Crippen LogP contribution in [0.4, 0.5) is 16.5 Å². The standard InChI is InChI=1S/C21H19ClN6O4S/c1-28-15-6-3-11(19(30)31)9-14(15)26-21(28,17(18(24)29)32-8-2-7-23)27-20-25-13-5-4-12(22)10-16(13)33-20/h3-6,9-10,17,26H,2,8H2,1H3,(H2,24,29)(H,25,27)(H,30,31). The Labute approximate surface area is 197 Å². The summed E-state index contributed by atoms with van der Waals surface area (Å²) in [7, 11) is 1.71. The highest BCUT2D eigenvalue weighted by molar-refractivity contribution is 7.22. The smallest absolute Gasteiger partial charge is 0.335 e. The molecule has 2 aromatic carbocycles. The van der Waals surface area contributed by atoms with Crippen molar-refractivity contribution < 1.29 is 19.4 Å². The van der Waals surface area contributed by atoms with E-state index in [0.29, 0.717) is 27.0 Å². The summed E-state index contributed by atoms with van der Waals surface area (Å²) in [6, 6.07) is 11.8. The van der Waals surface area contributed by atoms with Gasteiger partial charge in [0.05, 0.1) is 46.3 Å². The number of aromatic nitrogens is 1. The molecule has 170 valence electrons. The van der Waals surface area contributed by atoms with Crippen LogP contribution in [-0.4, -0.2) is 47.5 Å². The molecule has 2 heterocycles. The third-order valence-electron chi connectivity index (χ3n) is 5.24. The molecule has 0 spiro atoms. The monoisotopic (exact) mass is 486 g/mol. The lowest BCUT2D eigenvalue weighted by molar-refractivity contribution is -0.132. The number of anilines is 3. The first-order chi connectivity index (χ1) is 15.7. The zero-order valence-corrected chi connectivity index (χ0v) is 18.9. The Morgan fingerprint density at radius 3 is 2.91 bits per heavy atom. The first kappa shape index (κ1) is 22.6. The molecule has 10 nitrogen and oxygen atoms in total. The van der Waals surface area contributed by atoms with Gasteiger partial charge in [0.15, 0.2) is 11.2 Å². The first-order valence-corrected chi connectivity index (χ1v) is 11.0. The number of likely N-dealkylation sites (N-methyl/N-ethyl adjacent to an activating group) is 1. The number of fused-ring (bicyclic) bond motifs is 2. The highest BCUT2D eigenvalue weighted by Gasteiger charge is 2.52. The number of ether oxygens (including phenoxy) is 1. The van der Waals surface area contributed by atoms with Gasteiger partial charge in [-0.15, -0.1) is 0 Å². The second-order valence-electron chi connectivity index (χ2n) is 7.30. The highest BCUT2D eigenvalue weighted by Crippen LogP contribution is 2.43. The normalized spacial score (nSPS) is 17.8. The van der Waals surface area contributed by atoms with E-state index in [-0.39, 0.29) is 18.6 Å². The van der Waals surface area contributed by atoms with E-state index in [1.165, 1.54) is 23.5 Å². The average molecular weight is 487 g/mol. The number of nitrogens with zero attached hydrogens (tertiary/aromatic N) is 3. The summed E-state index contributed by atoms with van der Waals surface area (Å²) in [5, 5.41) is 25.7. The molecule has 0 fully saturated rings. The fourth-order valence-electron chi connectivity index (χ4n) is 3.71. The van der Waals surface area contributed by atoms with Gasteiger partial charge in [0.25, 0.3) is 5.91 Å². The molecule has 2 atom stereocenters. The fraction of sp³-hybridized carbons (Fsp3) is 0.238. The number of carboxylic acids is 1. The lowest BCUT2D eigenvalue weighted by atomic mass is 10.1. The minimum absolute atomic E-state index is 0.0325. The fourth-order valence-corrected chi connectivity index (χ4v) is 4.91. The molecule has 0 saturated heterocycles. The molecular weight excluding hydrogens is 468 g/mol. The van der Waals surface area contributed by atoms with Crippen molar-refractivity contribution in [2.45, 2.75) is 18.3 Å². The van der Waals surface area contributed by atoms with Crippen LogP contribution in [0.3, 0.4) is 0 Å². The number of thiazole rings is 1. The number of hydrogen-bond donors (Lipinski definition) is 4. The molecule has 1 aliphatic heterocycles. The Morgan fingerprint density at radius 1 is 1.42 bits per heavy atom. The van der Waals surface area contributed by atoms with E-state index in [9.17, 15) is 14.7 Å². The van der Waals surface area contributed by atoms with Gasteiger partial charge in [0.1, 0.15) is 0 Å². The second-order valence-corrected chi connectivity index (χ2v) is 8.77. The molecule has 3 aromatic rings. The lowest BCUT2D eigenvalue weighted by Crippen LogP contribution is -2.67. The number of primary amides is 1. The van der Waals surface area contributed by atoms with Crippen molar-refractivity contribution in [3.8, 4) is 6.07 Å². The van der Waals surface area contributed by atoms with E-state index in [4.69, 9.17) is 27.3 Å². The molecule has 2 unspecified atom stereocenters. The Bertz CT molecular complexity index is 1290. The van der Waals surface area contributed by atoms with E-state index in [0.717, 1.165) is 4.70 Å². The van der Waals surface area contributed by atoms with E-state index in [1.807, 2.05) is 6.07 Å². The van der Waals surface area contributed by atoms with Gasteiger partial charge in [-0.1, -0.05) is 22.9 Å². The molecule has 1 aliphatic rings. The second kappa shape index (κ2) is 8.74. The maximum absolute atomic E-state index is 12.5. The van der Waals surface area contributed by atoms with E-state index in [1.54, 1.807) is 36.2 Å². The number of halogens is 1. The van der Waals surface area contributed by atoms with Crippen LogP contribution in [0.15, 0.2) is 36.4 Å². The van der Waals surface area contributed by atoms with Gasteiger partial charge >= 0.3 is 5.97 Å². The first-order valence-electron chi connectivity index (χ1n) is 9.76. The summed E-state index contributed by atoms with van der Waals surface area (Å²) in [5.41, 5.74) is 7.58. The number of hydrogen-bond acceptors (Lipinski definition) is 9. The van der Waals surface area contributed by atoms with Crippen LogP contribution >= 0.6 is 22.9 Å². The zero-order chi connectivity index (χ0) is 23.8. The lowest BCUT2D eigenvalue weighted by Gasteiger charge is -2.42. The van der Waals surface area contributed by atoms with E-state index < -0.39 is 23.8 Å². The van der Waals surface area contributed by atoms with Crippen molar-refractivity contribution >= 4 is 61.5 Å². The van der Waals surface area contributed by atoms with Crippen molar-refractivity contribution in [2.24, 2.45) is 5.73 Å². The largest absolute Gasteiger partial charge is 0.478 e. The van der Waals surface area contributed by atoms with Crippen LogP contribution < -0.4 is 21.3 Å². The Hall–Kier alpha value is -3.59. The zero-order valence-electron chi connectivity index (χ0n) is 17.3. The Kier molecular flexibility index (Phi) is 5.99. The molecule has 0 radical (unpaired) electrons. The van der Waals surface area contributed by atoms with Gasteiger partial charge in [-0.3, -0.25) is 4.79 Å². The van der Waals surface area contributed by atoms with Crippen molar-refractivity contribution in [2.75, 3.05) is 29.2 Å². The van der Waals surface area contributed by atoms with Crippen molar-refractivity contribution in [1.82, 2.24) is 4.98 Å². The molecule has 0 saturated carbocycles. The molecular formula is C21H19ClN6O4S. The number of carboxylic acid groups (broad SMARTS) is 1. The van der Waals surface area contributed by atoms with Gasteiger partial charge in [-0.25, -0.2) is 9.78 Å². The molecule has 33 heavy (non-hydrogen) atoms. The molecule has 0 bridgehead atoms. The number of nitrogens with one attached hydrogen (secondary N) is 2. The number of rotatable bonds is 8. The third-order valence-corrected chi connectivity index (χ3v) is 6.41. The van der Waals surface area contributed by atoms with Gasteiger partial charge in [0.2, 0.25) is 5.79 Å². The molecule has 1 amide bonds. The average Bonchev–Trinajstić information content (AvgIpc) is 3.28. The van der Waals surface area contributed by atoms with Crippen molar-refractivity contribution in [3.05, 3.63) is 47.0 Å². The number of carbonyl (C=O) groups is 2. The van der Waals surface area contributed by atoms with Crippen LogP contribution in [0.25, 0.3) is 10.2 Å².